The Hall–Kier alpha value is -1.85. The van der Waals surface area contributed by atoms with E-state index in [0.29, 0.717) is 5.92 Å². The maximum absolute atomic E-state index is 12.6. The first-order valence-corrected chi connectivity index (χ1v) is 10.1. The Labute approximate surface area is 151 Å². The molecule has 4 nitrogen and oxygen atoms in total. The van der Waals surface area contributed by atoms with Gasteiger partial charge in [-0.15, -0.1) is 0 Å². The Morgan fingerprint density at radius 3 is 2.12 bits per heavy atom. The van der Waals surface area contributed by atoms with Crippen LogP contribution in [0.4, 0.5) is 0 Å². The fourth-order valence-corrected chi connectivity index (χ4v) is 4.10. The topological polar surface area (TPSA) is 55.4 Å². The van der Waals surface area contributed by atoms with Gasteiger partial charge in [0, 0.05) is 6.04 Å². The number of sulfonamides is 1. The van der Waals surface area contributed by atoms with Crippen molar-refractivity contribution in [3.05, 3.63) is 65.2 Å². The lowest BCUT2D eigenvalue weighted by Gasteiger charge is -2.21. The molecule has 0 unspecified atom stereocenters. The highest BCUT2D eigenvalue weighted by Gasteiger charge is 2.21. The van der Waals surface area contributed by atoms with Crippen LogP contribution in [0.1, 0.15) is 43.0 Å². The van der Waals surface area contributed by atoms with E-state index >= 15 is 0 Å². The van der Waals surface area contributed by atoms with Crippen molar-refractivity contribution in [1.29, 1.82) is 0 Å². The molecular weight excluding hydrogens is 334 g/mol. The Bertz CT molecular complexity index is 766. The van der Waals surface area contributed by atoms with E-state index < -0.39 is 10.0 Å². The lowest BCUT2D eigenvalue weighted by molar-refractivity contribution is 0.414. The zero-order valence-corrected chi connectivity index (χ0v) is 16.1. The van der Waals surface area contributed by atoms with E-state index in [4.69, 9.17) is 4.74 Å². The molecule has 2 rings (SSSR count). The molecule has 1 atom stereocenters. The molecule has 0 aliphatic heterocycles. The monoisotopic (exact) mass is 361 g/mol. The quantitative estimate of drug-likeness (QED) is 0.766. The van der Waals surface area contributed by atoms with Crippen LogP contribution in [0.25, 0.3) is 0 Å². The van der Waals surface area contributed by atoms with Crippen LogP contribution in [-0.4, -0.2) is 15.5 Å². The summed E-state index contributed by atoms with van der Waals surface area (Å²) < 4.78 is 33.3. The Morgan fingerprint density at radius 1 is 1.00 bits per heavy atom. The number of ether oxygens (including phenoxy) is 1. The molecule has 0 aromatic heterocycles. The molecule has 1 N–H and O–H groups in total. The zero-order chi connectivity index (χ0) is 18.4. The fraction of sp³-hybridized carbons (Fsp3) is 0.400. The molecule has 0 amide bonds. The van der Waals surface area contributed by atoms with E-state index in [1.165, 1.54) is 0 Å². The Balaban J connectivity index is 2.17. The molecule has 0 spiro atoms. The molecule has 0 heterocycles. The van der Waals surface area contributed by atoms with Crippen molar-refractivity contribution in [3.8, 4) is 5.75 Å². The van der Waals surface area contributed by atoms with Crippen LogP contribution in [0, 0.1) is 12.8 Å². The van der Waals surface area contributed by atoms with Crippen LogP contribution in [0.3, 0.4) is 0 Å². The number of hydrogen-bond acceptors (Lipinski definition) is 3. The second kappa shape index (κ2) is 8.50. The average Bonchev–Trinajstić information content (AvgIpc) is 2.55. The number of hydrogen-bond donors (Lipinski definition) is 1. The fourth-order valence-electron chi connectivity index (χ4n) is 2.72. The van der Waals surface area contributed by atoms with Crippen molar-refractivity contribution in [2.75, 3.05) is 7.11 Å². The van der Waals surface area contributed by atoms with Crippen molar-refractivity contribution in [1.82, 2.24) is 4.72 Å². The number of methoxy groups -OCH3 is 1. The summed E-state index contributed by atoms with van der Waals surface area (Å²) in [6.07, 6.45) is 0.736. The summed E-state index contributed by atoms with van der Waals surface area (Å²) in [7, 11) is -1.82. The largest absolute Gasteiger partial charge is 0.497 e. The highest BCUT2D eigenvalue weighted by Crippen LogP contribution is 2.25. The van der Waals surface area contributed by atoms with E-state index in [-0.39, 0.29) is 11.8 Å². The van der Waals surface area contributed by atoms with Crippen LogP contribution in [0.2, 0.25) is 0 Å². The van der Waals surface area contributed by atoms with Crippen LogP contribution in [0.5, 0.6) is 5.75 Å². The molecule has 25 heavy (non-hydrogen) atoms. The van der Waals surface area contributed by atoms with Gasteiger partial charge in [0.05, 0.1) is 12.9 Å². The average molecular weight is 362 g/mol. The molecule has 0 aliphatic carbocycles. The highest BCUT2D eigenvalue weighted by molar-refractivity contribution is 7.88. The number of aryl methyl sites for hydroxylation is 1. The van der Waals surface area contributed by atoms with E-state index in [0.717, 1.165) is 28.9 Å². The molecule has 0 fully saturated rings. The van der Waals surface area contributed by atoms with E-state index in [2.05, 4.69) is 18.6 Å². The minimum atomic E-state index is -3.44. The second-order valence-corrected chi connectivity index (χ2v) is 8.57. The minimum absolute atomic E-state index is 0.0158. The summed E-state index contributed by atoms with van der Waals surface area (Å²) in [4.78, 5) is 0. The van der Waals surface area contributed by atoms with Gasteiger partial charge in [0.2, 0.25) is 10.0 Å². The number of nitrogens with one attached hydrogen (secondary N) is 1. The third-order valence-corrected chi connectivity index (χ3v) is 5.38. The number of benzene rings is 2. The normalized spacial score (nSPS) is 13.0. The standard InChI is InChI=1S/C20H27NO3S/c1-15(2)13-20(18-9-11-19(24-4)12-10-18)21-25(22,23)14-17-7-5-16(3)6-8-17/h5-12,15,20-21H,13-14H2,1-4H3/t20-/m0/s1. The van der Waals surface area contributed by atoms with Crippen molar-refractivity contribution < 1.29 is 13.2 Å². The maximum Gasteiger partial charge on any atom is 0.216 e. The molecule has 0 radical (unpaired) electrons. The van der Waals surface area contributed by atoms with Gasteiger partial charge in [-0.25, -0.2) is 13.1 Å². The molecule has 136 valence electrons. The molecule has 0 aliphatic rings. The second-order valence-electron chi connectivity index (χ2n) is 6.82. The van der Waals surface area contributed by atoms with Gasteiger partial charge in [-0.3, -0.25) is 0 Å². The van der Waals surface area contributed by atoms with Gasteiger partial charge >= 0.3 is 0 Å². The van der Waals surface area contributed by atoms with Crippen LogP contribution >= 0.6 is 0 Å². The third kappa shape index (κ3) is 6.18. The van der Waals surface area contributed by atoms with Gasteiger partial charge in [-0.2, -0.15) is 0 Å². The smallest absolute Gasteiger partial charge is 0.216 e. The van der Waals surface area contributed by atoms with Crippen LogP contribution < -0.4 is 9.46 Å². The summed E-state index contributed by atoms with van der Waals surface area (Å²) in [6, 6.07) is 14.9. The summed E-state index contributed by atoms with van der Waals surface area (Å²) in [5, 5.41) is 0. The van der Waals surface area contributed by atoms with Gasteiger partial charge < -0.3 is 4.74 Å². The van der Waals surface area contributed by atoms with Gasteiger partial charge in [0.25, 0.3) is 0 Å². The van der Waals surface area contributed by atoms with Crippen molar-refractivity contribution in [3.63, 3.8) is 0 Å². The molecule has 0 bridgehead atoms. The Kier molecular flexibility index (Phi) is 6.62. The van der Waals surface area contributed by atoms with Gasteiger partial charge in [0.1, 0.15) is 5.75 Å². The van der Waals surface area contributed by atoms with Gasteiger partial charge in [-0.05, 0) is 42.5 Å². The maximum atomic E-state index is 12.6. The first-order chi connectivity index (χ1) is 11.8. The summed E-state index contributed by atoms with van der Waals surface area (Å²) in [5.41, 5.74) is 2.85. The van der Waals surface area contributed by atoms with Crippen molar-refractivity contribution in [2.45, 2.75) is 39.0 Å². The van der Waals surface area contributed by atoms with Crippen molar-refractivity contribution >= 4 is 10.0 Å². The molecule has 0 saturated carbocycles. The van der Waals surface area contributed by atoms with Gasteiger partial charge in [-0.1, -0.05) is 55.8 Å². The summed E-state index contributed by atoms with van der Waals surface area (Å²) in [5.74, 6) is 1.11. The third-order valence-electron chi connectivity index (χ3n) is 4.02. The molecule has 5 heteroatoms. The molecule has 2 aromatic carbocycles. The molecule has 2 aromatic rings. The van der Waals surface area contributed by atoms with Crippen molar-refractivity contribution in [2.24, 2.45) is 5.92 Å². The first-order valence-electron chi connectivity index (χ1n) is 8.48. The SMILES string of the molecule is COc1ccc([C@H](CC(C)C)NS(=O)(=O)Cc2ccc(C)cc2)cc1. The van der Waals surface area contributed by atoms with Crippen LogP contribution in [-0.2, 0) is 15.8 Å². The molecular formula is C20H27NO3S. The van der Waals surface area contributed by atoms with E-state index in [9.17, 15) is 8.42 Å². The van der Waals surface area contributed by atoms with E-state index in [1.54, 1.807) is 7.11 Å². The predicted molar refractivity (Wildman–Crippen MR) is 102 cm³/mol. The summed E-state index contributed by atoms with van der Waals surface area (Å²) in [6.45, 7) is 6.16. The lowest BCUT2D eigenvalue weighted by atomic mass is 9.98. The molecule has 0 saturated heterocycles. The van der Waals surface area contributed by atoms with E-state index in [1.807, 2.05) is 55.5 Å². The predicted octanol–water partition coefficient (Wildman–Crippen LogP) is 4.21. The number of rotatable bonds is 8. The van der Waals surface area contributed by atoms with Crippen LogP contribution in [0.15, 0.2) is 48.5 Å². The van der Waals surface area contributed by atoms with Gasteiger partial charge in [0.15, 0.2) is 0 Å². The Morgan fingerprint density at radius 2 is 1.60 bits per heavy atom. The highest BCUT2D eigenvalue weighted by atomic mass is 32.2. The zero-order valence-electron chi connectivity index (χ0n) is 15.3. The minimum Gasteiger partial charge on any atom is -0.497 e. The summed E-state index contributed by atoms with van der Waals surface area (Å²) >= 11 is 0. The lowest BCUT2D eigenvalue weighted by Crippen LogP contribution is -2.30. The first kappa shape index (κ1) is 19.5.